The fraction of sp³-hybridized carbons (Fsp3) is 0.280. The predicted molar refractivity (Wildman–Crippen MR) is 125 cm³/mol. The Morgan fingerprint density at radius 3 is 2.61 bits per heavy atom. The van der Waals surface area contributed by atoms with Crippen molar-refractivity contribution in [3.63, 3.8) is 0 Å². The highest BCUT2D eigenvalue weighted by Gasteiger charge is 2.25. The van der Waals surface area contributed by atoms with Crippen LogP contribution in [0.5, 0.6) is 0 Å². The molecular weight excluding hydrogens is 418 g/mol. The molecule has 3 aromatic rings. The normalized spacial score (nSPS) is 15.6. The number of anilines is 1. The van der Waals surface area contributed by atoms with Gasteiger partial charge in [-0.05, 0) is 36.6 Å². The first-order chi connectivity index (χ1) is 16.0. The minimum Gasteiger partial charge on any atom is -0.356 e. The Labute approximate surface area is 191 Å². The minimum absolute atomic E-state index is 0.120. The van der Waals surface area contributed by atoms with E-state index in [1.54, 1.807) is 30.3 Å². The van der Waals surface area contributed by atoms with Crippen LogP contribution < -0.4 is 21.5 Å². The lowest BCUT2D eigenvalue weighted by Gasteiger charge is -2.35. The third kappa shape index (κ3) is 4.72. The van der Waals surface area contributed by atoms with Crippen molar-refractivity contribution < 1.29 is 4.79 Å². The summed E-state index contributed by atoms with van der Waals surface area (Å²) in [6.45, 7) is 1.30. The standard InChI is InChI=1S/C25H25N5O3/c1-28-23(31)14-22(30(25(28)33)16-20-11-6-5-10-19(20)15-26)29-13-7-12-21(17-29)27-24(32)18-8-3-2-4-9-18/h2-6,8-11,14,21H,7,12-13,16-17H2,1H3,(H,27,32). The van der Waals surface area contributed by atoms with Crippen molar-refractivity contribution in [2.24, 2.45) is 7.05 Å². The Morgan fingerprint density at radius 2 is 1.85 bits per heavy atom. The first-order valence-corrected chi connectivity index (χ1v) is 10.9. The molecule has 1 fully saturated rings. The quantitative estimate of drug-likeness (QED) is 0.649. The fourth-order valence-electron chi connectivity index (χ4n) is 4.17. The van der Waals surface area contributed by atoms with Gasteiger partial charge in [0, 0.05) is 37.8 Å². The molecule has 1 amide bonds. The van der Waals surface area contributed by atoms with Gasteiger partial charge in [0.1, 0.15) is 5.82 Å². The number of carbonyl (C=O) groups is 1. The molecular formula is C25H25N5O3. The smallest absolute Gasteiger partial charge is 0.332 e. The van der Waals surface area contributed by atoms with Crippen LogP contribution in [-0.2, 0) is 13.6 Å². The number of amides is 1. The molecule has 1 unspecified atom stereocenters. The van der Waals surface area contributed by atoms with Crippen molar-refractivity contribution in [3.8, 4) is 6.07 Å². The molecule has 1 saturated heterocycles. The fourth-order valence-corrected chi connectivity index (χ4v) is 4.17. The maximum absolute atomic E-state index is 13.0. The lowest BCUT2D eigenvalue weighted by Crippen LogP contribution is -2.50. The van der Waals surface area contributed by atoms with Crippen molar-refractivity contribution >= 4 is 11.7 Å². The van der Waals surface area contributed by atoms with E-state index in [1.807, 2.05) is 29.2 Å². The Morgan fingerprint density at radius 1 is 1.12 bits per heavy atom. The lowest BCUT2D eigenvalue weighted by molar-refractivity contribution is 0.0933. The summed E-state index contributed by atoms with van der Waals surface area (Å²) in [5.41, 5.74) is 0.938. The Balaban J connectivity index is 1.64. The zero-order valence-electron chi connectivity index (χ0n) is 18.4. The molecule has 0 saturated carbocycles. The maximum Gasteiger partial charge on any atom is 0.332 e. The van der Waals surface area contributed by atoms with Crippen LogP contribution in [0, 0.1) is 11.3 Å². The topological polar surface area (TPSA) is 100 Å². The number of hydrogen-bond donors (Lipinski definition) is 1. The highest BCUT2D eigenvalue weighted by Crippen LogP contribution is 2.20. The molecule has 8 nitrogen and oxygen atoms in total. The molecule has 0 radical (unpaired) electrons. The summed E-state index contributed by atoms with van der Waals surface area (Å²) in [6, 6.07) is 19.6. The van der Waals surface area contributed by atoms with Gasteiger partial charge in [0.15, 0.2) is 0 Å². The zero-order chi connectivity index (χ0) is 23.4. The molecule has 0 spiro atoms. The molecule has 4 rings (SSSR count). The predicted octanol–water partition coefficient (Wildman–Crippen LogP) is 1.87. The molecule has 0 aliphatic carbocycles. The summed E-state index contributed by atoms with van der Waals surface area (Å²) in [6.07, 6.45) is 1.61. The number of nitriles is 1. The van der Waals surface area contributed by atoms with Gasteiger partial charge >= 0.3 is 5.69 Å². The number of hydrogen-bond acceptors (Lipinski definition) is 5. The summed E-state index contributed by atoms with van der Waals surface area (Å²) in [7, 11) is 1.44. The van der Waals surface area contributed by atoms with Crippen molar-refractivity contribution in [2.75, 3.05) is 18.0 Å². The number of rotatable bonds is 5. The van der Waals surface area contributed by atoms with Crippen LogP contribution in [0.1, 0.15) is 34.3 Å². The van der Waals surface area contributed by atoms with Gasteiger partial charge in [0.2, 0.25) is 0 Å². The van der Waals surface area contributed by atoms with Crippen molar-refractivity contribution in [2.45, 2.75) is 25.4 Å². The molecule has 2 heterocycles. The van der Waals surface area contributed by atoms with Crippen LogP contribution in [0.25, 0.3) is 0 Å². The molecule has 1 aliphatic heterocycles. The molecule has 168 valence electrons. The van der Waals surface area contributed by atoms with Crippen molar-refractivity contribution in [1.82, 2.24) is 14.5 Å². The van der Waals surface area contributed by atoms with Gasteiger partial charge in [-0.2, -0.15) is 5.26 Å². The van der Waals surface area contributed by atoms with E-state index in [0.717, 1.165) is 17.4 Å². The second-order valence-electron chi connectivity index (χ2n) is 8.16. The average molecular weight is 444 g/mol. The molecule has 1 N–H and O–H groups in total. The Kier molecular flexibility index (Phi) is 6.41. The maximum atomic E-state index is 13.0. The van der Waals surface area contributed by atoms with Crippen LogP contribution in [0.15, 0.2) is 70.3 Å². The number of aromatic nitrogens is 2. The number of nitrogens with one attached hydrogen (secondary N) is 1. The van der Waals surface area contributed by atoms with Crippen LogP contribution in [0.2, 0.25) is 0 Å². The Bertz CT molecular complexity index is 1320. The SMILES string of the molecule is Cn1c(=O)cc(N2CCCC(NC(=O)c3ccccc3)C2)n(Cc2ccccc2C#N)c1=O. The van der Waals surface area contributed by atoms with Crippen LogP contribution in [0.4, 0.5) is 5.82 Å². The van der Waals surface area contributed by atoms with Crippen molar-refractivity contribution in [3.05, 3.63) is 98.2 Å². The van der Waals surface area contributed by atoms with Gasteiger partial charge < -0.3 is 10.2 Å². The van der Waals surface area contributed by atoms with E-state index in [-0.39, 0.29) is 18.5 Å². The van der Waals surface area contributed by atoms with E-state index in [2.05, 4.69) is 11.4 Å². The lowest BCUT2D eigenvalue weighted by atomic mass is 10.0. The molecule has 33 heavy (non-hydrogen) atoms. The Hall–Kier alpha value is -4.12. The third-order valence-electron chi connectivity index (χ3n) is 5.96. The third-order valence-corrected chi connectivity index (χ3v) is 5.96. The largest absolute Gasteiger partial charge is 0.356 e. The van der Waals surface area contributed by atoms with E-state index in [1.165, 1.54) is 17.7 Å². The number of carbonyl (C=O) groups excluding carboxylic acids is 1. The van der Waals surface area contributed by atoms with Crippen molar-refractivity contribution in [1.29, 1.82) is 5.26 Å². The summed E-state index contributed by atoms with van der Waals surface area (Å²) < 4.78 is 2.59. The zero-order valence-corrected chi connectivity index (χ0v) is 18.4. The summed E-state index contributed by atoms with van der Waals surface area (Å²) in [5.74, 6) is 0.348. The van der Waals surface area contributed by atoms with E-state index < -0.39 is 11.2 Å². The van der Waals surface area contributed by atoms with E-state index >= 15 is 0 Å². The monoisotopic (exact) mass is 443 g/mol. The highest BCUT2D eigenvalue weighted by molar-refractivity contribution is 5.94. The van der Waals surface area contributed by atoms with Gasteiger partial charge in [0.25, 0.3) is 11.5 Å². The molecule has 0 bridgehead atoms. The van der Waals surface area contributed by atoms with Gasteiger partial charge in [-0.15, -0.1) is 0 Å². The first kappa shape index (κ1) is 22.1. The van der Waals surface area contributed by atoms with E-state index in [4.69, 9.17) is 0 Å². The second-order valence-corrected chi connectivity index (χ2v) is 8.16. The van der Waals surface area contributed by atoms with Crippen LogP contribution in [0.3, 0.4) is 0 Å². The molecule has 2 aromatic carbocycles. The van der Waals surface area contributed by atoms with Gasteiger partial charge in [-0.1, -0.05) is 36.4 Å². The minimum atomic E-state index is -0.444. The molecule has 8 heteroatoms. The second kappa shape index (κ2) is 9.57. The summed E-state index contributed by atoms with van der Waals surface area (Å²) in [5, 5.41) is 12.5. The van der Waals surface area contributed by atoms with Crippen LogP contribution >= 0.6 is 0 Å². The number of nitrogens with zero attached hydrogens (tertiary/aromatic N) is 4. The summed E-state index contributed by atoms with van der Waals surface area (Å²) >= 11 is 0. The molecule has 1 atom stereocenters. The van der Waals surface area contributed by atoms with Gasteiger partial charge in [0.05, 0.1) is 18.2 Å². The first-order valence-electron chi connectivity index (χ1n) is 10.9. The van der Waals surface area contributed by atoms with Gasteiger partial charge in [-0.3, -0.25) is 18.7 Å². The highest BCUT2D eigenvalue weighted by atomic mass is 16.2. The summed E-state index contributed by atoms with van der Waals surface area (Å²) in [4.78, 5) is 40.1. The average Bonchev–Trinajstić information content (AvgIpc) is 2.85. The molecule has 1 aliphatic rings. The van der Waals surface area contributed by atoms with Crippen LogP contribution in [-0.4, -0.2) is 34.2 Å². The van der Waals surface area contributed by atoms with Gasteiger partial charge in [-0.25, -0.2) is 4.79 Å². The molecule has 1 aromatic heterocycles. The number of benzene rings is 2. The van der Waals surface area contributed by atoms with E-state index in [9.17, 15) is 19.6 Å². The van der Waals surface area contributed by atoms with E-state index in [0.29, 0.717) is 35.6 Å². The number of piperidine rings is 1.